The fourth-order valence-electron chi connectivity index (χ4n) is 3.80. The third-order valence-corrected chi connectivity index (χ3v) is 5.52. The highest BCUT2D eigenvalue weighted by Crippen LogP contribution is 2.33. The number of furan rings is 1. The average Bonchev–Trinajstić information content (AvgIpc) is 3.34. The molecule has 3 aromatic heterocycles. The van der Waals surface area contributed by atoms with E-state index in [4.69, 9.17) is 14.2 Å². The Bertz CT molecular complexity index is 1660. The van der Waals surface area contributed by atoms with Gasteiger partial charge in [-0.15, -0.1) is 0 Å². The molecule has 1 amide bonds. The van der Waals surface area contributed by atoms with Crippen LogP contribution in [0.15, 0.2) is 63.6 Å². The Kier molecular flexibility index (Phi) is 4.72. The van der Waals surface area contributed by atoms with Crippen molar-refractivity contribution in [3.8, 4) is 17.4 Å². The number of pyridine rings is 1. The number of aromatic nitrogens is 2. The molecule has 0 atom stereocenters. The van der Waals surface area contributed by atoms with Gasteiger partial charge in [0.05, 0.1) is 6.26 Å². The van der Waals surface area contributed by atoms with Crippen LogP contribution in [-0.4, -0.2) is 15.9 Å². The van der Waals surface area contributed by atoms with E-state index in [1.165, 1.54) is 6.26 Å². The van der Waals surface area contributed by atoms with E-state index in [-0.39, 0.29) is 22.6 Å². The molecule has 0 saturated heterocycles. The number of benzene rings is 2. The fraction of sp³-hybridized carbons (Fsp3) is 0.0800. The predicted octanol–water partition coefficient (Wildman–Crippen LogP) is 4.86. The van der Waals surface area contributed by atoms with Crippen LogP contribution in [0.2, 0.25) is 0 Å². The van der Waals surface area contributed by atoms with Gasteiger partial charge in [0.1, 0.15) is 22.9 Å². The monoisotopic (exact) mass is 435 g/mol. The zero-order valence-electron chi connectivity index (χ0n) is 17.8. The number of hydrogen-bond donors (Lipinski definition) is 2. The van der Waals surface area contributed by atoms with Crippen LogP contribution in [0.25, 0.3) is 33.2 Å². The van der Waals surface area contributed by atoms with Gasteiger partial charge in [0.25, 0.3) is 5.91 Å². The molecule has 8 heteroatoms. The molecule has 0 fully saturated rings. The maximum absolute atomic E-state index is 13.2. The number of carbonyl (C=O) groups is 1. The molecule has 5 rings (SSSR count). The van der Waals surface area contributed by atoms with Crippen LogP contribution in [0, 0.1) is 30.6 Å². The van der Waals surface area contributed by atoms with Crippen molar-refractivity contribution < 1.29 is 13.6 Å². The summed E-state index contributed by atoms with van der Waals surface area (Å²) in [6.07, 6.45) is 1.52. The molecule has 2 aromatic carbocycles. The lowest BCUT2D eigenvalue weighted by Gasteiger charge is -2.13. The normalized spacial score (nSPS) is 10.9. The second-order valence-corrected chi connectivity index (χ2v) is 7.49. The first-order chi connectivity index (χ1) is 16.0. The van der Waals surface area contributed by atoms with Crippen LogP contribution >= 0.6 is 0 Å². The van der Waals surface area contributed by atoms with E-state index in [0.717, 1.165) is 16.3 Å². The van der Waals surface area contributed by atoms with Gasteiger partial charge in [-0.25, -0.2) is 9.97 Å². The van der Waals surface area contributed by atoms with E-state index < -0.39 is 5.91 Å². The maximum atomic E-state index is 13.2. The molecule has 0 spiro atoms. The zero-order valence-corrected chi connectivity index (χ0v) is 17.8. The highest BCUT2D eigenvalue weighted by atomic mass is 16.3. The van der Waals surface area contributed by atoms with Crippen LogP contribution in [0.5, 0.6) is 0 Å². The van der Waals surface area contributed by atoms with E-state index in [0.29, 0.717) is 28.1 Å². The highest BCUT2D eigenvalue weighted by Gasteiger charge is 2.22. The largest absolute Gasteiger partial charge is 0.464 e. The standard InChI is InChI=1S/C25H17N5O3/c1-13-14(2)28-24(17(12-26)20(13)18-8-5-11-32-18)30-25(31)22-23(27)33-19-10-9-15-6-3-4-7-16(15)21(19)29-22/h3-11,27H,1-2H3,(H,28,30,31). The lowest BCUT2D eigenvalue weighted by molar-refractivity contribution is 0.101. The van der Waals surface area contributed by atoms with Crippen molar-refractivity contribution in [3.63, 3.8) is 0 Å². The molecule has 0 unspecified atom stereocenters. The molecule has 0 aliphatic rings. The van der Waals surface area contributed by atoms with Gasteiger partial charge in [-0.1, -0.05) is 30.3 Å². The molecule has 5 aromatic rings. The molecule has 2 N–H and O–H groups in total. The molecular weight excluding hydrogens is 418 g/mol. The number of nitriles is 1. The number of amides is 1. The summed E-state index contributed by atoms with van der Waals surface area (Å²) in [4.78, 5) is 22.0. The minimum atomic E-state index is -0.698. The topological polar surface area (TPSA) is 129 Å². The number of nitrogens with zero attached hydrogens (tertiary/aromatic N) is 3. The third kappa shape index (κ3) is 3.32. The first kappa shape index (κ1) is 20.2. The molecule has 0 aliphatic carbocycles. The van der Waals surface area contributed by atoms with Gasteiger partial charge in [-0.3, -0.25) is 10.2 Å². The Balaban J connectivity index is 1.64. The van der Waals surface area contributed by atoms with Gasteiger partial charge in [-0.05, 0) is 43.0 Å². The molecule has 8 nitrogen and oxygen atoms in total. The summed E-state index contributed by atoms with van der Waals surface area (Å²) >= 11 is 0. The van der Waals surface area contributed by atoms with Crippen LogP contribution in [0.3, 0.4) is 0 Å². The van der Waals surface area contributed by atoms with Gasteiger partial charge < -0.3 is 14.2 Å². The molecule has 0 saturated carbocycles. The summed E-state index contributed by atoms with van der Waals surface area (Å²) in [6.45, 7) is 3.62. The van der Waals surface area contributed by atoms with Gasteiger partial charge in [0, 0.05) is 16.6 Å². The second-order valence-electron chi connectivity index (χ2n) is 7.49. The van der Waals surface area contributed by atoms with Crippen molar-refractivity contribution in [1.29, 1.82) is 10.7 Å². The highest BCUT2D eigenvalue weighted by molar-refractivity contribution is 6.07. The van der Waals surface area contributed by atoms with Crippen LogP contribution < -0.4 is 10.9 Å². The SMILES string of the molecule is Cc1nc(NC(=O)c2nc3c(ccc4ccccc43)oc2=N)c(C#N)c(-c2ccco2)c1C. The summed E-state index contributed by atoms with van der Waals surface area (Å²) in [5.74, 6) is -0.135. The number of carbonyl (C=O) groups excluding carboxylic acids is 1. The molecule has 33 heavy (non-hydrogen) atoms. The Labute approximate surface area is 187 Å². The Hall–Kier alpha value is -4.77. The summed E-state index contributed by atoms with van der Waals surface area (Å²) < 4.78 is 11.1. The van der Waals surface area contributed by atoms with E-state index in [9.17, 15) is 10.1 Å². The first-order valence-corrected chi connectivity index (χ1v) is 10.1. The first-order valence-electron chi connectivity index (χ1n) is 10.1. The lowest BCUT2D eigenvalue weighted by Crippen LogP contribution is -2.24. The van der Waals surface area contributed by atoms with Crippen molar-refractivity contribution in [2.24, 2.45) is 0 Å². The molecule has 3 heterocycles. The Morgan fingerprint density at radius 2 is 1.91 bits per heavy atom. The quantitative estimate of drug-likeness (QED) is 0.390. The van der Waals surface area contributed by atoms with Crippen LogP contribution in [-0.2, 0) is 0 Å². The summed E-state index contributed by atoms with van der Waals surface area (Å²) in [5.41, 5.74) is 2.40. The van der Waals surface area contributed by atoms with Crippen molar-refractivity contribution in [3.05, 3.63) is 82.9 Å². The van der Waals surface area contributed by atoms with Gasteiger partial charge in [0.2, 0.25) is 5.55 Å². The predicted molar refractivity (Wildman–Crippen MR) is 121 cm³/mol. The fourth-order valence-corrected chi connectivity index (χ4v) is 3.80. The number of fused-ring (bicyclic) bond motifs is 3. The minimum Gasteiger partial charge on any atom is -0.464 e. The van der Waals surface area contributed by atoms with E-state index in [2.05, 4.69) is 21.4 Å². The summed E-state index contributed by atoms with van der Waals surface area (Å²) in [6, 6.07) is 16.8. The van der Waals surface area contributed by atoms with Crippen molar-refractivity contribution >= 4 is 33.6 Å². The van der Waals surface area contributed by atoms with Crippen molar-refractivity contribution in [1.82, 2.24) is 9.97 Å². The number of hydrogen-bond acceptors (Lipinski definition) is 7. The maximum Gasteiger partial charge on any atom is 0.281 e. The number of anilines is 1. The Morgan fingerprint density at radius 1 is 1.09 bits per heavy atom. The van der Waals surface area contributed by atoms with Crippen molar-refractivity contribution in [2.75, 3.05) is 5.32 Å². The van der Waals surface area contributed by atoms with E-state index in [1.807, 2.05) is 37.3 Å². The smallest absolute Gasteiger partial charge is 0.281 e. The third-order valence-electron chi connectivity index (χ3n) is 5.52. The van der Waals surface area contributed by atoms with Gasteiger partial charge in [-0.2, -0.15) is 5.26 Å². The summed E-state index contributed by atoms with van der Waals surface area (Å²) in [5, 5.41) is 22.4. The number of nitrogens with one attached hydrogen (secondary N) is 2. The van der Waals surface area contributed by atoms with E-state index in [1.54, 1.807) is 25.1 Å². The Morgan fingerprint density at radius 3 is 2.67 bits per heavy atom. The van der Waals surface area contributed by atoms with Crippen LogP contribution in [0.4, 0.5) is 5.82 Å². The molecule has 160 valence electrons. The second kappa shape index (κ2) is 7.73. The molecule has 0 aliphatic heterocycles. The van der Waals surface area contributed by atoms with E-state index >= 15 is 0 Å². The van der Waals surface area contributed by atoms with Gasteiger partial charge in [0.15, 0.2) is 17.1 Å². The average molecular weight is 435 g/mol. The van der Waals surface area contributed by atoms with Gasteiger partial charge >= 0.3 is 0 Å². The number of rotatable bonds is 3. The molecule has 0 bridgehead atoms. The molecular formula is C25H17N5O3. The lowest BCUT2D eigenvalue weighted by atomic mass is 10.00. The minimum absolute atomic E-state index is 0.0659. The molecule has 0 radical (unpaired) electrons. The summed E-state index contributed by atoms with van der Waals surface area (Å²) in [7, 11) is 0. The number of aryl methyl sites for hydroxylation is 1. The van der Waals surface area contributed by atoms with Crippen molar-refractivity contribution in [2.45, 2.75) is 13.8 Å². The van der Waals surface area contributed by atoms with Crippen LogP contribution in [0.1, 0.15) is 27.3 Å². The zero-order chi connectivity index (χ0) is 23.1.